The number of rotatable bonds is 3. The van der Waals surface area contributed by atoms with E-state index in [1.807, 2.05) is 68.4 Å². The van der Waals surface area contributed by atoms with Crippen LogP contribution in [0.25, 0.3) is 16.8 Å². The van der Waals surface area contributed by atoms with Gasteiger partial charge in [0.05, 0.1) is 12.8 Å². The number of carbonyl (C=O) groups excluding carboxylic acids is 2. The molecule has 0 bridgehead atoms. The molecule has 2 amide bonds. The van der Waals surface area contributed by atoms with Gasteiger partial charge in [-0.1, -0.05) is 48.0 Å². The Kier molecular flexibility index (Phi) is 5.10. The van der Waals surface area contributed by atoms with Gasteiger partial charge in [-0.25, -0.2) is 0 Å². The van der Waals surface area contributed by atoms with Crippen LogP contribution < -0.4 is 15.0 Å². The maximum absolute atomic E-state index is 13.4. The van der Waals surface area contributed by atoms with E-state index in [9.17, 15) is 9.59 Å². The van der Waals surface area contributed by atoms with Crippen LogP contribution in [0, 0.1) is 13.8 Å². The smallest absolute Gasteiger partial charge is 0.270 e. The number of methoxy groups -OCH3 is 1. The standard InChI is InChI=1S/C24H20N2O3S/c1-14-8-10-20(15(2)12-14)26-23(28)19(22(27)25-24(26)30)13-18-17-7-5-4-6-16(17)9-11-21(18)29-3/h4-13H,1-3H3,(H,25,27,30)/b19-13-. The second-order valence-corrected chi connectivity index (χ2v) is 7.54. The molecular formula is C24H20N2O3S. The molecule has 1 saturated heterocycles. The highest BCUT2D eigenvalue weighted by Crippen LogP contribution is 2.32. The number of nitrogens with one attached hydrogen (secondary N) is 1. The Morgan fingerprint density at radius 2 is 1.80 bits per heavy atom. The Labute approximate surface area is 179 Å². The lowest BCUT2D eigenvalue weighted by molar-refractivity contribution is -0.122. The predicted molar refractivity (Wildman–Crippen MR) is 123 cm³/mol. The summed E-state index contributed by atoms with van der Waals surface area (Å²) in [6.45, 7) is 3.89. The number of hydrogen-bond acceptors (Lipinski definition) is 4. The molecule has 0 saturated carbocycles. The molecule has 3 aromatic carbocycles. The Bertz CT molecular complexity index is 1250. The molecule has 0 aliphatic carbocycles. The van der Waals surface area contributed by atoms with E-state index in [0.29, 0.717) is 17.0 Å². The van der Waals surface area contributed by atoms with Crippen molar-refractivity contribution in [1.82, 2.24) is 5.32 Å². The fraction of sp³-hybridized carbons (Fsp3) is 0.125. The van der Waals surface area contributed by atoms with Crippen molar-refractivity contribution in [3.63, 3.8) is 0 Å². The first-order chi connectivity index (χ1) is 14.4. The lowest BCUT2D eigenvalue weighted by Crippen LogP contribution is -2.54. The summed E-state index contributed by atoms with van der Waals surface area (Å²) in [7, 11) is 1.56. The minimum atomic E-state index is -0.527. The van der Waals surface area contributed by atoms with Crippen LogP contribution in [0.5, 0.6) is 5.75 Å². The maximum atomic E-state index is 13.4. The summed E-state index contributed by atoms with van der Waals surface area (Å²) in [4.78, 5) is 27.5. The van der Waals surface area contributed by atoms with Crippen molar-refractivity contribution in [2.45, 2.75) is 13.8 Å². The number of carbonyl (C=O) groups is 2. The van der Waals surface area contributed by atoms with E-state index in [0.717, 1.165) is 21.9 Å². The highest BCUT2D eigenvalue weighted by Gasteiger charge is 2.35. The molecule has 6 heteroatoms. The van der Waals surface area contributed by atoms with Gasteiger partial charge in [-0.15, -0.1) is 0 Å². The number of fused-ring (bicyclic) bond motifs is 1. The van der Waals surface area contributed by atoms with Crippen LogP contribution in [0.2, 0.25) is 0 Å². The van der Waals surface area contributed by atoms with Gasteiger partial charge < -0.3 is 4.74 Å². The largest absolute Gasteiger partial charge is 0.496 e. The predicted octanol–water partition coefficient (Wildman–Crippen LogP) is 4.30. The van der Waals surface area contributed by atoms with Crippen LogP contribution >= 0.6 is 12.2 Å². The van der Waals surface area contributed by atoms with Gasteiger partial charge in [0, 0.05) is 5.56 Å². The quantitative estimate of drug-likeness (QED) is 0.393. The Morgan fingerprint density at radius 3 is 2.53 bits per heavy atom. The Balaban J connectivity index is 1.88. The van der Waals surface area contributed by atoms with E-state index >= 15 is 0 Å². The Morgan fingerprint density at radius 1 is 1.03 bits per heavy atom. The minimum absolute atomic E-state index is 0.00164. The number of benzene rings is 3. The molecule has 3 aromatic rings. The molecule has 1 heterocycles. The number of nitrogens with zero attached hydrogens (tertiary/aromatic N) is 1. The van der Waals surface area contributed by atoms with Crippen molar-refractivity contribution in [3.05, 3.63) is 76.9 Å². The number of aryl methyl sites for hydroxylation is 2. The van der Waals surface area contributed by atoms with E-state index < -0.39 is 11.8 Å². The molecule has 1 N–H and O–H groups in total. The second-order valence-electron chi connectivity index (χ2n) is 7.15. The van der Waals surface area contributed by atoms with Crippen LogP contribution in [-0.4, -0.2) is 24.0 Å². The number of amides is 2. The van der Waals surface area contributed by atoms with Gasteiger partial charge in [-0.05, 0) is 60.6 Å². The van der Waals surface area contributed by atoms with Crippen LogP contribution in [0.15, 0.2) is 60.2 Å². The fourth-order valence-electron chi connectivity index (χ4n) is 3.68. The zero-order chi connectivity index (χ0) is 21.4. The number of ether oxygens (including phenoxy) is 1. The topological polar surface area (TPSA) is 58.6 Å². The third kappa shape index (κ3) is 3.35. The minimum Gasteiger partial charge on any atom is -0.496 e. The van der Waals surface area contributed by atoms with E-state index in [4.69, 9.17) is 17.0 Å². The van der Waals surface area contributed by atoms with Crippen LogP contribution in [0.4, 0.5) is 5.69 Å². The van der Waals surface area contributed by atoms with Gasteiger partial charge in [-0.3, -0.25) is 19.8 Å². The van der Waals surface area contributed by atoms with E-state index in [-0.39, 0.29) is 10.7 Å². The number of anilines is 1. The van der Waals surface area contributed by atoms with Crippen molar-refractivity contribution >= 4 is 51.7 Å². The van der Waals surface area contributed by atoms with Crippen molar-refractivity contribution in [3.8, 4) is 5.75 Å². The summed E-state index contributed by atoms with van der Waals surface area (Å²) in [5.74, 6) is -0.417. The normalized spacial score (nSPS) is 15.6. The van der Waals surface area contributed by atoms with Gasteiger partial charge in [0.25, 0.3) is 11.8 Å². The van der Waals surface area contributed by atoms with Gasteiger partial charge >= 0.3 is 0 Å². The fourth-order valence-corrected chi connectivity index (χ4v) is 3.95. The molecule has 4 rings (SSSR count). The van der Waals surface area contributed by atoms with E-state index in [1.54, 1.807) is 13.2 Å². The summed E-state index contributed by atoms with van der Waals surface area (Å²) in [6.07, 6.45) is 1.58. The molecular weight excluding hydrogens is 396 g/mol. The average molecular weight is 417 g/mol. The summed E-state index contributed by atoms with van der Waals surface area (Å²) in [6, 6.07) is 17.2. The van der Waals surface area contributed by atoms with Gasteiger partial charge in [0.15, 0.2) is 5.11 Å². The van der Waals surface area contributed by atoms with Crippen LogP contribution in [0.3, 0.4) is 0 Å². The first-order valence-corrected chi connectivity index (χ1v) is 9.86. The summed E-state index contributed by atoms with van der Waals surface area (Å²) in [5.41, 5.74) is 3.28. The van der Waals surface area contributed by atoms with Gasteiger partial charge in [0.2, 0.25) is 0 Å². The molecule has 30 heavy (non-hydrogen) atoms. The average Bonchev–Trinajstić information content (AvgIpc) is 2.72. The van der Waals surface area contributed by atoms with Gasteiger partial charge in [0.1, 0.15) is 11.3 Å². The molecule has 5 nitrogen and oxygen atoms in total. The highest BCUT2D eigenvalue weighted by molar-refractivity contribution is 7.80. The zero-order valence-electron chi connectivity index (χ0n) is 16.9. The third-order valence-electron chi connectivity index (χ3n) is 5.13. The van der Waals surface area contributed by atoms with Crippen LogP contribution in [-0.2, 0) is 9.59 Å². The summed E-state index contributed by atoms with van der Waals surface area (Å²) in [5, 5.41) is 4.58. The SMILES string of the molecule is COc1ccc2ccccc2c1/C=C1/C(=O)NC(=S)N(c2ccc(C)cc2C)C1=O. The molecule has 0 aromatic heterocycles. The van der Waals surface area contributed by atoms with Crippen molar-refractivity contribution < 1.29 is 14.3 Å². The van der Waals surface area contributed by atoms with Gasteiger partial charge in [-0.2, -0.15) is 0 Å². The van der Waals surface area contributed by atoms with Crippen molar-refractivity contribution in [2.75, 3.05) is 12.0 Å². The Hall–Kier alpha value is -3.51. The molecule has 0 spiro atoms. The molecule has 1 fully saturated rings. The lowest BCUT2D eigenvalue weighted by atomic mass is 9.99. The highest BCUT2D eigenvalue weighted by atomic mass is 32.1. The monoisotopic (exact) mass is 416 g/mol. The number of hydrogen-bond donors (Lipinski definition) is 1. The molecule has 1 aliphatic heterocycles. The summed E-state index contributed by atoms with van der Waals surface area (Å²) >= 11 is 5.32. The molecule has 150 valence electrons. The second kappa shape index (κ2) is 7.72. The van der Waals surface area contributed by atoms with E-state index in [1.165, 1.54) is 4.90 Å². The van der Waals surface area contributed by atoms with Crippen molar-refractivity contribution in [1.29, 1.82) is 0 Å². The van der Waals surface area contributed by atoms with Crippen LogP contribution in [0.1, 0.15) is 16.7 Å². The molecule has 0 atom stereocenters. The van der Waals surface area contributed by atoms with E-state index in [2.05, 4.69) is 5.32 Å². The molecule has 0 radical (unpaired) electrons. The molecule has 0 unspecified atom stereocenters. The zero-order valence-corrected chi connectivity index (χ0v) is 17.7. The number of thiocarbonyl (C=S) groups is 1. The van der Waals surface area contributed by atoms with Crippen molar-refractivity contribution in [2.24, 2.45) is 0 Å². The first-order valence-electron chi connectivity index (χ1n) is 9.45. The maximum Gasteiger partial charge on any atom is 0.270 e. The summed E-state index contributed by atoms with van der Waals surface area (Å²) < 4.78 is 5.50. The molecule has 1 aliphatic rings. The third-order valence-corrected chi connectivity index (χ3v) is 5.42. The lowest BCUT2D eigenvalue weighted by Gasteiger charge is -2.30. The first kappa shape index (κ1) is 19.8.